The Morgan fingerprint density at radius 1 is 0.929 bits per heavy atom. The van der Waals surface area contributed by atoms with Crippen LogP contribution in [-0.4, -0.2) is 52.4 Å². The van der Waals surface area contributed by atoms with Crippen LogP contribution in [0.15, 0.2) is 96.6 Å². The van der Waals surface area contributed by atoms with Crippen molar-refractivity contribution in [3.8, 4) is 17.2 Å². The topological polar surface area (TPSA) is 169 Å². The number of ether oxygens (including phenoxy) is 2. The number of non-ortho nitro benzene ring substituents is 1. The van der Waals surface area contributed by atoms with E-state index >= 15 is 4.79 Å². The molecule has 4 aromatic carbocycles. The molecule has 15 heteroatoms. The number of benzene rings is 4. The number of hydrazine groups is 1. The molecule has 8 rings (SSSR count). The van der Waals surface area contributed by atoms with Gasteiger partial charge < -0.3 is 14.6 Å². The van der Waals surface area contributed by atoms with Crippen LogP contribution in [0, 0.1) is 33.8 Å². The van der Waals surface area contributed by atoms with Gasteiger partial charge in [0.1, 0.15) is 5.75 Å². The van der Waals surface area contributed by atoms with Gasteiger partial charge in [0.2, 0.25) is 11.8 Å². The molecule has 13 nitrogen and oxygen atoms in total. The Balaban J connectivity index is 1.32. The van der Waals surface area contributed by atoms with Gasteiger partial charge in [-0.25, -0.2) is 0 Å². The van der Waals surface area contributed by atoms with Crippen molar-refractivity contribution >= 4 is 63.9 Å². The molecule has 2 saturated heterocycles. The first-order valence-electron chi connectivity index (χ1n) is 17.9. The molecule has 4 amide bonds. The highest BCUT2D eigenvalue weighted by atomic mass is 35.5. The Kier molecular flexibility index (Phi) is 9.24. The van der Waals surface area contributed by atoms with Gasteiger partial charge in [0.05, 0.1) is 58.2 Å². The van der Waals surface area contributed by atoms with Crippen molar-refractivity contribution in [2.75, 3.05) is 24.0 Å². The van der Waals surface area contributed by atoms with Gasteiger partial charge >= 0.3 is 0 Å². The third kappa shape index (κ3) is 5.59. The number of phenolic OH excluding ortho intramolecular Hbond substituents is 1. The van der Waals surface area contributed by atoms with Gasteiger partial charge in [-0.15, -0.1) is 0 Å². The number of fused-ring (bicyclic) bond motifs is 4. The van der Waals surface area contributed by atoms with Gasteiger partial charge in [0, 0.05) is 23.1 Å². The Morgan fingerprint density at radius 2 is 1.66 bits per heavy atom. The summed E-state index contributed by atoms with van der Waals surface area (Å²) in [5.74, 6) is -5.90. The summed E-state index contributed by atoms with van der Waals surface area (Å²) in [7, 11) is 1.52. The molecular weight excluding hydrogens is 763 g/mol. The second-order valence-corrected chi connectivity index (χ2v) is 15.0. The first kappa shape index (κ1) is 37.0. The maximum absolute atomic E-state index is 15.5. The maximum Gasteiger partial charge on any atom is 0.269 e. The van der Waals surface area contributed by atoms with E-state index in [1.165, 1.54) is 43.5 Å². The lowest BCUT2D eigenvalue weighted by atomic mass is 9.49. The number of hydrogen-bond acceptors (Lipinski definition) is 10. The van der Waals surface area contributed by atoms with E-state index in [9.17, 15) is 29.6 Å². The number of hydrogen-bond donors (Lipinski definition) is 2. The van der Waals surface area contributed by atoms with E-state index in [1.807, 2.05) is 6.08 Å². The predicted octanol–water partition coefficient (Wildman–Crippen LogP) is 7.20. The lowest BCUT2D eigenvalue weighted by Gasteiger charge is -2.50. The van der Waals surface area contributed by atoms with Crippen molar-refractivity contribution in [1.29, 1.82) is 0 Å². The van der Waals surface area contributed by atoms with E-state index in [0.717, 1.165) is 9.91 Å². The average molecular weight is 798 g/mol. The molecule has 6 atom stereocenters. The second kappa shape index (κ2) is 14.0. The summed E-state index contributed by atoms with van der Waals surface area (Å²) in [5.41, 5.74) is 3.34. The van der Waals surface area contributed by atoms with Gasteiger partial charge in [0.15, 0.2) is 11.5 Å². The number of carbonyl (C=O) groups is 4. The number of nitrogens with one attached hydrogen (secondary N) is 1. The van der Waals surface area contributed by atoms with Crippen LogP contribution in [0.5, 0.6) is 17.2 Å². The van der Waals surface area contributed by atoms with E-state index in [2.05, 4.69) is 5.43 Å². The van der Waals surface area contributed by atoms with Crippen LogP contribution in [0.25, 0.3) is 0 Å². The maximum atomic E-state index is 15.5. The molecule has 1 saturated carbocycles. The summed E-state index contributed by atoms with van der Waals surface area (Å²) in [5, 5.41) is 23.7. The molecule has 0 spiro atoms. The van der Waals surface area contributed by atoms with E-state index in [1.54, 1.807) is 55.5 Å². The van der Waals surface area contributed by atoms with Crippen molar-refractivity contribution in [2.45, 2.75) is 31.1 Å². The van der Waals surface area contributed by atoms with E-state index in [-0.39, 0.29) is 53.0 Å². The van der Waals surface area contributed by atoms with Gasteiger partial charge in [-0.2, -0.15) is 5.01 Å². The number of imide groups is 2. The molecule has 286 valence electrons. The van der Waals surface area contributed by atoms with Crippen LogP contribution in [0.1, 0.15) is 36.8 Å². The zero-order valence-corrected chi connectivity index (χ0v) is 31.5. The standard InChI is InChI=1S/C41H34Cl2N4O9/c1-3-56-34-18-21(4-17-33(34)48)36-27-14-15-28-35(39(51)45(37(28)49)24-8-10-25(11-9-24)47(53)54)29(27)20-30-38(50)46(44-32-16-7-23(42)19-31(32)43)40(52)41(30,36)22-5-12-26(55-2)13-6-22/h4-14,16-19,28-30,35-36,44,48H,3,15,20H2,1-2H3/t28-,29+,30-,35-,36-,41+/m0/s1. The summed E-state index contributed by atoms with van der Waals surface area (Å²) in [6.45, 7) is 2.00. The molecule has 0 radical (unpaired) electrons. The van der Waals surface area contributed by atoms with E-state index in [4.69, 9.17) is 32.7 Å². The third-order valence-corrected chi connectivity index (χ3v) is 12.1. The molecule has 0 unspecified atom stereocenters. The van der Waals surface area contributed by atoms with E-state index < -0.39 is 63.6 Å². The third-order valence-electron chi connectivity index (χ3n) is 11.5. The minimum absolute atomic E-state index is 0.0240. The number of rotatable bonds is 9. The average Bonchev–Trinajstić information content (AvgIpc) is 3.57. The van der Waals surface area contributed by atoms with Gasteiger partial charge in [-0.3, -0.25) is 39.6 Å². The Labute approximate surface area is 330 Å². The number of anilines is 2. The lowest BCUT2D eigenvalue weighted by molar-refractivity contribution is -0.384. The lowest BCUT2D eigenvalue weighted by Crippen LogP contribution is -2.53. The van der Waals surface area contributed by atoms with Crippen LogP contribution < -0.4 is 19.8 Å². The highest BCUT2D eigenvalue weighted by molar-refractivity contribution is 6.36. The van der Waals surface area contributed by atoms with Crippen LogP contribution in [-0.2, 0) is 24.6 Å². The van der Waals surface area contributed by atoms with Crippen LogP contribution >= 0.6 is 23.2 Å². The van der Waals surface area contributed by atoms with Crippen molar-refractivity contribution in [3.63, 3.8) is 0 Å². The zero-order chi connectivity index (χ0) is 39.6. The highest BCUT2D eigenvalue weighted by Crippen LogP contribution is 2.64. The molecule has 2 aliphatic carbocycles. The van der Waals surface area contributed by atoms with Crippen molar-refractivity contribution in [1.82, 2.24) is 5.01 Å². The number of amides is 4. The number of allylic oxidation sites excluding steroid dienone is 2. The molecule has 2 heterocycles. The molecule has 2 aliphatic heterocycles. The van der Waals surface area contributed by atoms with Crippen LogP contribution in [0.3, 0.4) is 0 Å². The number of methoxy groups -OCH3 is 1. The fourth-order valence-electron chi connectivity index (χ4n) is 9.18. The Morgan fingerprint density at radius 3 is 2.32 bits per heavy atom. The number of carbonyl (C=O) groups excluding carboxylic acids is 4. The van der Waals surface area contributed by atoms with Gasteiger partial charge in [-0.1, -0.05) is 53.1 Å². The summed E-state index contributed by atoms with van der Waals surface area (Å²) in [6.07, 6.45) is 2.08. The Bertz CT molecular complexity index is 2350. The number of nitro benzene ring substituents is 1. The summed E-state index contributed by atoms with van der Waals surface area (Å²) in [6, 6.07) is 21.5. The summed E-state index contributed by atoms with van der Waals surface area (Å²) >= 11 is 12.7. The quantitative estimate of drug-likeness (QED) is 0.0765. The second-order valence-electron chi connectivity index (χ2n) is 14.2. The fourth-order valence-corrected chi connectivity index (χ4v) is 9.63. The number of nitrogens with zero attached hydrogens (tertiary/aromatic N) is 3. The van der Waals surface area contributed by atoms with Crippen LogP contribution in [0.2, 0.25) is 10.0 Å². The molecule has 4 aromatic rings. The Hall–Kier alpha value is -5.92. The molecule has 3 fully saturated rings. The molecule has 0 bridgehead atoms. The van der Waals surface area contributed by atoms with Crippen molar-refractivity contribution in [2.24, 2.45) is 23.7 Å². The van der Waals surface area contributed by atoms with Crippen molar-refractivity contribution in [3.05, 3.63) is 128 Å². The minimum Gasteiger partial charge on any atom is -0.504 e. The number of nitro groups is 1. The summed E-state index contributed by atoms with van der Waals surface area (Å²) in [4.78, 5) is 70.9. The predicted molar refractivity (Wildman–Crippen MR) is 205 cm³/mol. The monoisotopic (exact) mass is 796 g/mol. The first-order valence-corrected chi connectivity index (χ1v) is 18.7. The number of aromatic hydroxyl groups is 1. The summed E-state index contributed by atoms with van der Waals surface area (Å²) < 4.78 is 11.3. The molecular formula is C41H34Cl2N4O9. The highest BCUT2D eigenvalue weighted by Gasteiger charge is 2.70. The minimum atomic E-state index is -1.62. The van der Waals surface area contributed by atoms with E-state index in [0.29, 0.717) is 27.5 Å². The largest absolute Gasteiger partial charge is 0.504 e. The molecule has 4 aliphatic rings. The number of phenols is 1. The smallest absolute Gasteiger partial charge is 0.269 e. The normalized spacial score (nSPS) is 25.4. The number of halogens is 2. The molecule has 0 aromatic heterocycles. The van der Waals surface area contributed by atoms with Gasteiger partial charge in [-0.05, 0) is 91.4 Å². The first-order chi connectivity index (χ1) is 26.9. The molecule has 2 N–H and O–H groups in total. The zero-order valence-electron chi connectivity index (χ0n) is 30.0. The van der Waals surface area contributed by atoms with Crippen molar-refractivity contribution < 1.29 is 38.7 Å². The fraction of sp³-hybridized carbons (Fsp3) is 0.268. The van der Waals surface area contributed by atoms with Gasteiger partial charge in [0.25, 0.3) is 17.5 Å². The van der Waals surface area contributed by atoms with Crippen LogP contribution in [0.4, 0.5) is 17.1 Å². The SMILES string of the molecule is CCOc1cc([C@H]2C3=CC[C@@H]4C(=O)N(c5ccc([N+](=O)[O-])cc5)C(=O)[C@@H]4[C@@H]3C[C@H]3C(=O)N(Nc4ccc(Cl)cc4Cl)C(=O)[C@@]23c2ccc(OC)cc2)ccc1O. The molecule has 56 heavy (non-hydrogen) atoms.